The first kappa shape index (κ1) is 26.3. The minimum absolute atomic E-state index is 0.236. The van der Waals surface area contributed by atoms with Crippen LogP contribution in [0.15, 0.2) is 97.2 Å². The van der Waals surface area contributed by atoms with Crippen molar-refractivity contribution in [3.05, 3.63) is 120 Å². The molecule has 0 spiro atoms. The zero-order valence-corrected chi connectivity index (χ0v) is 23.4. The number of urea groups is 1. The number of carbonyl (C=O) groups is 1. The van der Waals surface area contributed by atoms with E-state index in [-0.39, 0.29) is 6.03 Å². The number of para-hydroxylation sites is 3. The second-order valence-corrected chi connectivity index (χ2v) is 9.82. The van der Waals surface area contributed by atoms with Crippen LogP contribution in [-0.4, -0.2) is 39.0 Å². The SMILES string of the molecule is CCOc1ccccc1NC(=O)N1Cc2c(CC)nn(-c3ccccc3)c2-n2cccc2C1c1cccc(OC)c1. The van der Waals surface area contributed by atoms with E-state index in [0.29, 0.717) is 24.6 Å². The molecule has 1 aliphatic rings. The number of nitrogens with zero attached hydrogens (tertiary/aromatic N) is 4. The van der Waals surface area contributed by atoms with Crippen LogP contribution in [0, 0.1) is 0 Å². The highest BCUT2D eigenvalue weighted by Crippen LogP contribution is 2.40. The minimum Gasteiger partial charge on any atom is -0.497 e. The standard InChI is InChI=1S/C33H33N5O3/c1-4-27-26-22-37(33(39)34-28-17-9-10-19-30(28)41-5-2)31(23-13-11-16-25(21-23)40-3)29-18-12-20-36(29)32(26)38(35-27)24-14-7-6-8-15-24/h6-21,31H,4-5,22H2,1-3H3,(H,34,39). The molecule has 3 aromatic carbocycles. The Labute approximate surface area is 239 Å². The molecule has 208 valence electrons. The highest BCUT2D eigenvalue weighted by atomic mass is 16.5. The smallest absolute Gasteiger partial charge is 0.323 e. The van der Waals surface area contributed by atoms with Gasteiger partial charge < -0.3 is 24.3 Å². The van der Waals surface area contributed by atoms with Crippen LogP contribution in [0.5, 0.6) is 11.5 Å². The minimum atomic E-state index is -0.402. The van der Waals surface area contributed by atoms with Gasteiger partial charge in [0.2, 0.25) is 0 Å². The van der Waals surface area contributed by atoms with Gasteiger partial charge in [0.25, 0.3) is 0 Å². The summed E-state index contributed by atoms with van der Waals surface area (Å²) < 4.78 is 15.6. The highest BCUT2D eigenvalue weighted by Gasteiger charge is 2.36. The number of ether oxygens (including phenoxy) is 2. The Morgan fingerprint density at radius 2 is 1.78 bits per heavy atom. The predicted molar refractivity (Wildman–Crippen MR) is 159 cm³/mol. The van der Waals surface area contributed by atoms with Crippen molar-refractivity contribution >= 4 is 11.7 Å². The topological polar surface area (TPSA) is 73.5 Å². The fourth-order valence-electron chi connectivity index (χ4n) is 5.55. The third-order valence-corrected chi connectivity index (χ3v) is 7.40. The lowest BCUT2D eigenvalue weighted by atomic mass is 10.0. The van der Waals surface area contributed by atoms with Crippen molar-refractivity contribution < 1.29 is 14.3 Å². The van der Waals surface area contributed by atoms with Crippen molar-refractivity contribution in [3.8, 4) is 23.0 Å². The van der Waals surface area contributed by atoms with Crippen molar-refractivity contribution in [2.45, 2.75) is 32.9 Å². The Morgan fingerprint density at radius 3 is 2.56 bits per heavy atom. The third-order valence-electron chi connectivity index (χ3n) is 7.40. The quantitative estimate of drug-likeness (QED) is 0.244. The molecule has 0 fully saturated rings. The Morgan fingerprint density at radius 1 is 0.976 bits per heavy atom. The van der Waals surface area contributed by atoms with E-state index in [1.165, 1.54) is 0 Å². The molecule has 2 aromatic heterocycles. The molecule has 1 atom stereocenters. The number of fused-ring (bicyclic) bond motifs is 3. The number of carbonyl (C=O) groups excluding carboxylic acids is 1. The second kappa shape index (κ2) is 11.3. The molecule has 8 heteroatoms. The Kier molecular flexibility index (Phi) is 7.20. The molecule has 3 heterocycles. The summed E-state index contributed by atoms with van der Waals surface area (Å²) in [6.45, 7) is 4.89. The van der Waals surface area contributed by atoms with Crippen LogP contribution in [0.1, 0.15) is 42.4 Å². The van der Waals surface area contributed by atoms with Gasteiger partial charge in [0.15, 0.2) is 0 Å². The summed E-state index contributed by atoms with van der Waals surface area (Å²) in [4.78, 5) is 16.2. The number of hydrogen-bond donors (Lipinski definition) is 1. The van der Waals surface area contributed by atoms with E-state index < -0.39 is 6.04 Å². The maximum atomic E-state index is 14.3. The summed E-state index contributed by atoms with van der Waals surface area (Å²) in [6, 6.07) is 29.0. The van der Waals surface area contributed by atoms with Gasteiger partial charge in [-0.15, -0.1) is 0 Å². The molecule has 2 amide bonds. The molecular weight excluding hydrogens is 514 g/mol. The van der Waals surface area contributed by atoms with Crippen LogP contribution >= 0.6 is 0 Å². The first-order valence-corrected chi connectivity index (χ1v) is 13.9. The van der Waals surface area contributed by atoms with Crippen LogP contribution in [0.3, 0.4) is 0 Å². The molecular formula is C33H33N5O3. The predicted octanol–water partition coefficient (Wildman–Crippen LogP) is 6.77. The van der Waals surface area contributed by atoms with E-state index >= 15 is 0 Å². The molecule has 1 unspecified atom stereocenters. The van der Waals surface area contributed by atoms with Gasteiger partial charge in [-0.2, -0.15) is 5.10 Å². The zero-order chi connectivity index (χ0) is 28.3. The maximum absolute atomic E-state index is 14.3. The lowest BCUT2D eigenvalue weighted by molar-refractivity contribution is 0.194. The summed E-state index contributed by atoms with van der Waals surface area (Å²) in [7, 11) is 1.65. The monoisotopic (exact) mass is 547 g/mol. The van der Waals surface area contributed by atoms with Gasteiger partial charge in [-0.05, 0) is 67.4 Å². The summed E-state index contributed by atoms with van der Waals surface area (Å²) in [6.07, 6.45) is 2.78. The highest BCUT2D eigenvalue weighted by molar-refractivity contribution is 5.91. The van der Waals surface area contributed by atoms with Gasteiger partial charge in [-0.25, -0.2) is 9.48 Å². The van der Waals surface area contributed by atoms with Crippen LogP contribution in [0.4, 0.5) is 10.5 Å². The van der Waals surface area contributed by atoms with Crippen LogP contribution < -0.4 is 14.8 Å². The van der Waals surface area contributed by atoms with Crippen LogP contribution in [-0.2, 0) is 13.0 Å². The fourth-order valence-corrected chi connectivity index (χ4v) is 5.55. The van der Waals surface area contributed by atoms with E-state index in [1.807, 2.05) is 95.5 Å². The van der Waals surface area contributed by atoms with Gasteiger partial charge >= 0.3 is 6.03 Å². The average molecular weight is 548 g/mol. The molecule has 0 radical (unpaired) electrons. The molecule has 6 rings (SSSR count). The summed E-state index contributed by atoms with van der Waals surface area (Å²) in [5.74, 6) is 2.30. The lowest BCUT2D eigenvalue weighted by Gasteiger charge is -2.31. The molecule has 0 aliphatic carbocycles. The number of amides is 2. The number of benzene rings is 3. The van der Waals surface area contributed by atoms with E-state index in [2.05, 4.69) is 35.0 Å². The van der Waals surface area contributed by atoms with Crippen LogP contribution in [0.2, 0.25) is 0 Å². The Bertz CT molecular complexity index is 1670. The van der Waals surface area contributed by atoms with Gasteiger partial charge in [0, 0.05) is 11.8 Å². The van der Waals surface area contributed by atoms with E-state index in [1.54, 1.807) is 7.11 Å². The van der Waals surface area contributed by atoms with Gasteiger partial charge in [-0.1, -0.05) is 49.4 Å². The molecule has 41 heavy (non-hydrogen) atoms. The van der Waals surface area contributed by atoms with Gasteiger partial charge in [-0.3, -0.25) is 0 Å². The van der Waals surface area contributed by atoms with E-state index in [0.717, 1.165) is 46.2 Å². The molecule has 1 N–H and O–H groups in total. The molecule has 1 aliphatic heterocycles. The summed E-state index contributed by atoms with van der Waals surface area (Å²) >= 11 is 0. The molecule has 0 saturated heterocycles. The number of anilines is 1. The Hall–Kier alpha value is -4.98. The Balaban J connectivity index is 1.54. The number of nitrogens with one attached hydrogen (secondary N) is 1. The fraction of sp³-hybridized carbons (Fsp3) is 0.212. The van der Waals surface area contributed by atoms with Gasteiger partial charge in [0.1, 0.15) is 17.3 Å². The first-order valence-electron chi connectivity index (χ1n) is 13.9. The molecule has 0 saturated carbocycles. The average Bonchev–Trinajstić information content (AvgIpc) is 3.59. The summed E-state index contributed by atoms with van der Waals surface area (Å²) in [5, 5.41) is 8.18. The van der Waals surface area contributed by atoms with Crippen molar-refractivity contribution in [3.63, 3.8) is 0 Å². The molecule has 8 nitrogen and oxygen atoms in total. The first-order chi connectivity index (χ1) is 20.1. The zero-order valence-electron chi connectivity index (χ0n) is 23.4. The number of aryl methyl sites for hydroxylation is 1. The summed E-state index contributed by atoms with van der Waals surface area (Å²) in [5.41, 5.74) is 5.43. The van der Waals surface area contributed by atoms with E-state index in [9.17, 15) is 4.79 Å². The maximum Gasteiger partial charge on any atom is 0.323 e. The number of methoxy groups -OCH3 is 1. The largest absolute Gasteiger partial charge is 0.497 e. The molecule has 0 bridgehead atoms. The van der Waals surface area contributed by atoms with Crippen molar-refractivity contribution in [1.29, 1.82) is 0 Å². The van der Waals surface area contributed by atoms with E-state index in [4.69, 9.17) is 14.6 Å². The third kappa shape index (κ3) is 4.82. The number of hydrogen-bond acceptors (Lipinski definition) is 4. The molecule has 5 aromatic rings. The van der Waals surface area contributed by atoms with Crippen molar-refractivity contribution in [1.82, 2.24) is 19.2 Å². The second-order valence-electron chi connectivity index (χ2n) is 9.82. The number of rotatable bonds is 7. The van der Waals surface area contributed by atoms with Crippen molar-refractivity contribution in [2.24, 2.45) is 0 Å². The van der Waals surface area contributed by atoms with Crippen molar-refractivity contribution in [2.75, 3.05) is 19.0 Å². The lowest BCUT2D eigenvalue weighted by Crippen LogP contribution is -2.38. The van der Waals surface area contributed by atoms with Gasteiger partial charge in [0.05, 0.1) is 49.1 Å². The number of aromatic nitrogens is 3. The van der Waals surface area contributed by atoms with Crippen LogP contribution in [0.25, 0.3) is 11.5 Å². The normalized spacial score (nSPS) is 14.1.